The minimum Gasteiger partial charge on any atom is -0.294 e. The molecule has 0 aliphatic heterocycles. The molecule has 0 aromatic heterocycles. The molecule has 0 atom stereocenters. The number of benzene rings is 2. The zero-order chi connectivity index (χ0) is 12.5. The minimum atomic E-state index is 0.0444. The van der Waals surface area contributed by atoms with E-state index in [1.165, 1.54) is 5.39 Å². The Kier molecular flexibility index (Phi) is 3.01. The predicted octanol–water partition coefficient (Wildman–Crippen LogP) is 4.46. The number of fused-ring (bicyclic) bond motifs is 1. The number of carbonyl (C=O) groups is 1. The molecule has 0 bridgehead atoms. The summed E-state index contributed by atoms with van der Waals surface area (Å²) in [6.45, 7) is 6.27. The smallest absolute Gasteiger partial charge is 0.163 e. The summed E-state index contributed by atoms with van der Waals surface area (Å²) in [6.07, 6.45) is 0.589. The van der Waals surface area contributed by atoms with Gasteiger partial charge in [-0.3, -0.25) is 4.79 Å². The topological polar surface area (TPSA) is 17.1 Å². The van der Waals surface area contributed by atoms with Crippen molar-refractivity contribution in [3.63, 3.8) is 0 Å². The summed E-state index contributed by atoms with van der Waals surface area (Å²) in [5.74, 6) is 0.225. The van der Waals surface area contributed by atoms with Crippen LogP contribution in [0.15, 0.2) is 42.5 Å². The van der Waals surface area contributed by atoms with Crippen LogP contribution in [0.3, 0.4) is 0 Å². The second-order valence-electron chi connectivity index (χ2n) is 5.72. The molecule has 1 nitrogen and oxygen atoms in total. The Bertz CT molecular complexity index is 547. The molecular weight excluding hydrogens is 208 g/mol. The molecule has 0 N–H and O–H groups in total. The standard InChI is InChI=1S/C16H18O/c1-16(2,3)11-15(17)14-9-8-12-6-4-5-7-13(12)10-14/h4-10H,11H2,1-3H3. The molecule has 2 aromatic carbocycles. The molecule has 0 aliphatic rings. The van der Waals surface area contributed by atoms with Crippen LogP contribution in [0.1, 0.15) is 37.6 Å². The number of Topliss-reactive ketones (excluding diaryl/α,β-unsaturated/α-hetero) is 1. The normalized spacial score (nSPS) is 11.7. The van der Waals surface area contributed by atoms with Crippen molar-refractivity contribution in [1.82, 2.24) is 0 Å². The van der Waals surface area contributed by atoms with Crippen LogP contribution in [0.2, 0.25) is 0 Å². The van der Waals surface area contributed by atoms with E-state index in [0.29, 0.717) is 6.42 Å². The lowest BCUT2D eigenvalue weighted by Gasteiger charge is -2.16. The molecule has 0 aliphatic carbocycles. The van der Waals surface area contributed by atoms with Crippen LogP contribution < -0.4 is 0 Å². The highest BCUT2D eigenvalue weighted by molar-refractivity contribution is 6.00. The first-order chi connectivity index (χ1) is 7.96. The molecule has 2 rings (SSSR count). The third-order valence-corrected chi connectivity index (χ3v) is 2.76. The van der Waals surface area contributed by atoms with Crippen LogP contribution in [0, 0.1) is 5.41 Å². The van der Waals surface area contributed by atoms with Gasteiger partial charge in [-0.2, -0.15) is 0 Å². The van der Waals surface area contributed by atoms with Gasteiger partial charge >= 0.3 is 0 Å². The molecular formula is C16H18O. The van der Waals surface area contributed by atoms with Crippen molar-refractivity contribution in [2.24, 2.45) is 5.41 Å². The van der Waals surface area contributed by atoms with Crippen molar-refractivity contribution >= 4 is 16.6 Å². The fraction of sp³-hybridized carbons (Fsp3) is 0.312. The van der Waals surface area contributed by atoms with Gasteiger partial charge in [0.25, 0.3) is 0 Å². The van der Waals surface area contributed by atoms with Crippen LogP contribution >= 0.6 is 0 Å². The molecule has 17 heavy (non-hydrogen) atoms. The van der Waals surface area contributed by atoms with Crippen LogP contribution in [0.4, 0.5) is 0 Å². The van der Waals surface area contributed by atoms with Crippen LogP contribution in [-0.2, 0) is 0 Å². The summed E-state index contributed by atoms with van der Waals surface area (Å²) in [5.41, 5.74) is 0.863. The molecule has 0 radical (unpaired) electrons. The fourth-order valence-electron chi connectivity index (χ4n) is 1.95. The van der Waals surface area contributed by atoms with E-state index in [0.717, 1.165) is 10.9 Å². The molecule has 0 unspecified atom stereocenters. The third kappa shape index (κ3) is 2.94. The van der Waals surface area contributed by atoms with E-state index < -0.39 is 0 Å². The van der Waals surface area contributed by atoms with Crippen LogP contribution in [0.5, 0.6) is 0 Å². The summed E-state index contributed by atoms with van der Waals surface area (Å²) in [4.78, 5) is 12.1. The van der Waals surface area contributed by atoms with Gasteiger partial charge in [0.05, 0.1) is 0 Å². The van der Waals surface area contributed by atoms with E-state index in [2.05, 4.69) is 26.8 Å². The molecule has 0 saturated heterocycles. The summed E-state index contributed by atoms with van der Waals surface area (Å²) < 4.78 is 0. The van der Waals surface area contributed by atoms with E-state index in [9.17, 15) is 4.79 Å². The first kappa shape index (κ1) is 11.8. The largest absolute Gasteiger partial charge is 0.294 e. The van der Waals surface area contributed by atoms with Crippen LogP contribution in [-0.4, -0.2) is 5.78 Å². The Hall–Kier alpha value is -1.63. The Morgan fingerprint density at radius 3 is 2.29 bits per heavy atom. The summed E-state index contributed by atoms with van der Waals surface area (Å²) in [5, 5.41) is 2.31. The van der Waals surface area contributed by atoms with Crippen molar-refractivity contribution in [3.8, 4) is 0 Å². The SMILES string of the molecule is CC(C)(C)CC(=O)c1ccc2ccccc2c1. The number of carbonyl (C=O) groups excluding carboxylic acids is 1. The highest BCUT2D eigenvalue weighted by atomic mass is 16.1. The molecule has 0 saturated carbocycles. The lowest BCUT2D eigenvalue weighted by Crippen LogP contribution is -2.12. The fourth-order valence-corrected chi connectivity index (χ4v) is 1.95. The quantitative estimate of drug-likeness (QED) is 0.691. The highest BCUT2D eigenvalue weighted by Crippen LogP contribution is 2.23. The van der Waals surface area contributed by atoms with Gasteiger partial charge in [0.1, 0.15) is 0 Å². The summed E-state index contributed by atoms with van der Waals surface area (Å²) in [6, 6.07) is 14.1. The summed E-state index contributed by atoms with van der Waals surface area (Å²) >= 11 is 0. The van der Waals surface area contributed by atoms with Crippen molar-refractivity contribution in [3.05, 3.63) is 48.0 Å². The maximum Gasteiger partial charge on any atom is 0.163 e. The van der Waals surface area contributed by atoms with E-state index >= 15 is 0 Å². The zero-order valence-corrected chi connectivity index (χ0v) is 10.7. The Labute approximate surface area is 102 Å². The number of ketones is 1. The van der Waals surface area contributed by atoms with Crippen LogP contribution in [0.25, 0.3) is 10.8 Å². The molecule has 0 fully saturated rings. The van der Waals surface area contributed by atoms with Gasteiger partial charge in [-0.05, 0) is 22.3 Å². The Morgan fingerprint density at radius 1 is 1.00 bits per heavy atom. The lowest BCUT2D eigenvalue weighted by atomic mass is 9.87. The van der Waals surface area contributed by atoms with Crippen molar-refractivity contribution in [1.29, 1.82) is 0 Å². The van der Waals surface area contributed by atoms with Crippen molar-refractivity contribution < 1.29 is 4.79 Å². The molecule has 1 heteroatoms. The first-order valence-electron chi connectivity index (χ1n) is 5.98. The van der Waals surface area contributed by atoms with E-state index in [4.69, 9.17) is 0 Å². The van der Waals surface area contributed by atoms with Gasteiger partial charge < -0.3 is 0 Å². The number of hydrogen-bond acceptors (Lipinski definition) is 1. The van der Waals surface area contributed by atoms with Gasteiger partial charge in [0.15, 0.2) is 5.78 Å². The van der Waals surface area contributed by atoms with Gasteiger partial charge in [-0.1, -0.05) is 57.2 Å². The molecule has 0 amide bonds. The maximum absolute atomic E-state index is 12.1. The monoisotopic (exact) mass is 226 g/mol. The Balaban J connectivity index is 2.33. The number of hydrogen-bond donors (Lipinski definition) is 0. The second-order valence-corrected chi connectivity index (χ2v) is 5.72. The van der Waals surface area contributed by atoms with E-state index in [1.54, 1.807) is 0 Å². The highest BCUT2D eigenvalue weighted by Gasteiger charge is 2.17. The molecule has 0 spiro atoms. The molecule has 2 aromatic rings. The third-order valence-electron chi connectivity index (χ3n) is 2.76. The zero-order valence-electron chi connectivity index (χ0n) is 10.7. The molecule has 0 heterocycles. The van der Waals surface area contributed by atoms with Gasteiger partial charge in [-0.15, -0.1) is 0 Å². The minimum absolute atomic E-state index is 0.0444. The molecule has 88 valence electrons. The first-order valence-corrected chi connectivity index (χ1v) is 5.98. The Morgan fingerprint density at radius 2 is 1.65 bits per heavy atom. The van der Waals surface area contributed by atoms with Crippen molar-refractivity contribution in [2.45, 2.75) is 27.2 Å². The van der Waals surface area contributed by atoms with Gasteiger partial charge in [-0.25, -0.2) is 0 Å². The summed E-state index contributed by atoms with van der Waals surface area (Å²) in [7, 11) is 0. The lowest BCUT2D eigenvalue weighted by molar-refractivity contribution is 0.0940. The maximum atomic E-state index is 12.1. The number of rotatable bonds is 2. The van der Waals surface area contributed by atoms with E-state index in [-0.39, 0.29) is 11.2 Å². The predicted molar refractivity (Wildman–Crippen MR) is 72.4 cm³/mol. The van der Waals surface area contributed by atoms with E-state index in [1.807, 2.05) is 36.4 Å². The van der Waals surface area contributed by atoms with Gasteiger partial charge in [0.2, 0.25) is 0 Å². The van der Waals surface area contributed by atoms with Gasteiger partial charge in [0, 0.05) is 12.0 Å². The van der Waals surface area contributed by atoms with Crippen molar-refractivity contribution in [2.75, 3.05) is 0 Å². The average Bonchev–Trinajstić information content (AvgIpc) is 2.26. The second kappa shape index (κ2) is 4.33. The average molecular weight is 226 g/mol.